The number of nitriles is 1. The highest BCUT2D eigenvalue weighted by atomic mass is 16.1. The Labute approximate surface area is 143 Å². The maximum atomic E-state index is 12.4. The Morgan fingerprint density at radius 3 is 2.33 bits per heavy atom. The first kappa shape index (κ1) is 17.5. The molecule has 0 fully saturated rings. The van der Waals surface area contributed by atoms with Gasteiger partial charge in [-0.15, -0.1) is 0 Å². The van der Waals surface area contributed by atoms with E-state index in [2.05, 4.69) is 18.3 Å². The van der Waals surface area contributed by atoms with Gasteiger partial charge in [-0.3, -0.25) is 4.79 Å². The molecule has 1 unspecified atom stereocenters. The van der Waals surface area contributed by atoms with E-state index in [0.29, 0.717) is 0 Å². The lowest BCUT2D eigenvalue weighted by Gasteiger charge is -2.14. The van der Waals surface area contributed by atoms with E-state index in [1.807, 2.05) is 63.2 Å². The summed E-state index contributed by atoms with van der Waals surface area (Å²) in [6.07, 6.45) is 1.66. The van der Waals surface area contributed by atoms with E-state index in [1.54, 1.807) is 6.08 Å². The number of benzene rings is 2. The zero-order valence-electron chi connectivity index (χ0n) is 14.6. The van der Waals surface area contributed by atoms with Crippen molar-refractivity contribution < 1.29 is 4.79 Å². The van der Waals surface area contributed by atoms with E-state index in [4.69, 9.17) is 0 Å². The molecular formula is C21H22N2O. The molecule has 0 bridgehead atoms. The van der Waals surface area contributed by atoms with E-state index in [9.17, 15) is 10.1 Å². The van der Waals surface area contributed by atoms with Crippen molar-refractivity contribution in [3.8, 4) is 6.07 Å². The van der Waals surface area contributed by atoms with Crippen LogP contribution in [-0.4, -0.2) is 5.91 Å². The number of carbonyl (C=O) groups is 1. The molecule has 0 aliphatic heterocycles. The zero-order valence-corrected chi connectivity index (χ0v) is 14.6. The summed E-state index contributed by atoms with van der Waals surface area (Å²) in [6.45, 7) is 7.96. The molecule has 0 heterocycles. The molecule has 2 rings (SSSR count). The Balaban J connectivity index is 2.23. The van der Waals surface area contributed by atoms with Crippen molar-refractivity contribution in [1.82, 2.24) is 5.32 Å². The molecule has 1 atom stereocenters. The molecule has 1 N–H and O–H groups in total. The van der Waals surface area contributed by atoms with Crippen LogP contribution in [0.25, 0.3) is 6.08 Å². The minimum Gasteiger partial charge on any atom is -0.345 e. The number of carbonyl (C=O) groups excluding carboxylic acids is 1. The summed E-state index contributed by atoms with van der Waals surface area (Å²) in [6, 6.07) is 15.6. The number of nitrogens with zero attached hydrogens (tertiary/aromatic N) is 1. The van der Waals surface area contributed by atoms with Crippen molar-refractivity contribution in [3.63, 3.8) is 0 Å². The third kappa shape index (κ3) is 4.11. The lowest BCUT2D eigenvalue weighted by atomic mass is 9.99. The third-order valence-corrected chi connectivity index (χ3v) is 4.19. The van der Waals surface area contributed by atoms with Crippen LogP contribution >= 0.6 is 0 Å². The number of rotatable bonds is 4. The number of hydrogen-bond donors (Lipinski definition) is 1. The van der Waals surface area contributed by atoms with Gasteiger partial charge in [0.1, 0.15) is 11.6 Å². The van der Waals surface area contributed by atoms with Crippen molar-refractivity contribution in [2.45, 2.75) is 33.7 Å². The highest BCUT2D eigenvalue weighted by Crippen LogP contribution is 2.19. The van der Waals surface area contributed by atoms with Crippen LogP contribution in [-0.2, 0) is 4.79 Å². The molecule has 2 aromatic rings. The lowest BCUT2D eigenvalue weighted by Crippen LogP contribution is -2.27. The second-order valence-electron chi connectivity index (χ2n) is 6.07. The summed E-state index contributed by atoms with van der Waals surface area (Å²) in [5, 5.41) is 12.3. The average Bonchev–Trinajstić information content (AvgIpc) is 2.57. The second kappa shape index (κ2) is 7.61. The zero-order chi connectivity index (χ0) is 17.7. The average molecular weight is 318 g/mol. The van der Waals surface area contributed by atoms with Crippen LogP contribution in [0.1, 0.15) is 40.8 Å². The fourth-order valence-electron chi connectivity index (χ4n) is 2.54. The Morgan fingerprint density at radius 2 is 1.71 bits per heavy atom. The summed E-state index contributed by atoms with van der Waals surface area (Å²) in [4.78, 5) is 12.4. The van der Waals surface area contributed by atoms with Gasteiger partial charge in [0.05, 0.1) is 6.04 Å². The fourth-order valence-corrected chi connectivity index (χ4v) is 2.54. The number of amides is 1. The van der Waals surface area contributed by atoms with Crippen LogP contribution in [0.4, 0.5) is 0 Å². The lowest BCUT2D eigenvalue weighted by molar-refractivity contribution is -0.117. The fraction of sp³-hybridized carbons (Fsp3) is 0.238. The first-order valence-electron chi connectivity index (χ1n) is 7.98. The smallest absolute Gasteiger partial charge is 0.262 e. The van der Waals surface area contributed by atoms with Crippen molar-refractivity contribution in [3.05, 3.63) is 75.9 Å². The summed E-state index contributed by atoms with van der Waals surface area (Å²) in [5.74, 6) is -0.355. The highest BCUT2D eigenvalue weighted by Gasteiger charge is 2.14. The molecule has 122 valence electrons. The normalized spacial score (nSPS) is 12.4. The SMILES string of the molecule is Cc1cc(C)c(/C=C(\C#N)C(=O)NC(C)c2ccccc2)cc1C. The molecule has 0 radical (unpaired) electrons. The molecule has 0 aliphatic rings. The minimum atomic E-state index is -0.355. The Hall–Kier alpha value is -2.86. The summed E-state index contributed by atoms with van der Waals surface area (Å²) in [7, 11) is 0. The molecular weight excluding hydrogens is 296 g/mol. The van der Waals surface area contributed by atoms with Crippen molar-refractivity contribution in [1.29, 1.82) is 5.26 Å². The molecule has 0 aromatic heterocycles. The maximum absolute atomic E-state index is 12.4. The third-order valence-electron chi connectivity index (χ3n) is 4.19. The van der Waals surface area contributed by atoms with Crippen LogP contribution in [0, 0.1) is 32.1 Å². The van der Waals surface area contributed by atoms with Gasteiger partial charge in [-0.1, -0.05) is 42.5 Å². The molecule has 3 heteroatoms. The van der Waals surface area contributed by atoms with Crippen molar-refractivity contribution in [2.24, 2.45) is 0 Å². The van der Waals surface area contributed by atoms with E-state index in [0.717, 1.165) is 22.3 Å². The number of aryl methyl sites for hydroxylation is 3. The summed E-state index contributed by atoms with van der Waals surface area (Å²) in [5.41, 5.74) is 5.41. The van der Waals surface area contributed by atoms with E-state index in [1.165, 1.54) is 5.56 Å². The Kier molecular flexibility index (Phi) is 5.55. The molecule has 24 heavy (non-hydrogen) atoms. The highest BCUT2D eigenvalue weighted by molar-refractivity contribution is 6.02. The molecule has 0 saturated carbocycles. The van der Waals surface area contributed by atoms with E-state index in [-0.39, 0.29) is 17.5 Å². The molecule has 2 aromatic carbocycles. The van der Waals surface area contributed by atoms with Crippen LogP contribution < -0.4 is 5.32 Å². The number of hydrogen-bond acceptors (Lipinski definition) is 2. The van der Waals surface area contributed by atoms with Gasteiger partial charge in [0.15, 0.2) is 0 Å². The van der Waals surface area contributed by atoms with E-state index < -0.39 is 0 Å². The largest absolute Gasteiger partial charge is 0.345 e. The Morgan fingerprint density at radius 1 is 1.08 bits per heavy atom. The second-order valence-corrected chi connectivity index (χ2v) is 6.07. The number of nitrogens with one attached hydrogen (secondary N) is 1. The van der Waals surface area contributed by atoms with Gasteiger partial charge in [-0.25, -0.2) is 0 Å². The van der Waals surface area contributed by atoms with Crippen LogP contribution in [0.15, 0.2) is 48.0 Å². The topological polar surface area (TPSA) is 52.9 Å². The first-order chi connectivity index (χ1) is 11.4. The van der Waals surface area contributed by atoms with Gasteiger partial charge in [0, 0.05) is 0 Å². The van der Waals surface area contributed by atoms with Gasteiger partial charge in [0.25, 0.3) is 5.91 Å². The molecule has 0 spiro atoms. The van der Waals surface area contributed by atoms with Crippen LogP contribution in [0.3, 0.4) is 0 Å². The predicted molar refractivity (Wildman–Crippen MR) is 97.2 cm³/mol. The van der Waals surface area contributed by atoms with Gasteiger partial charge in [-0.2, -0.15) is 5.26 Å². The molecule has 0 saturated heterocycles. The van der Waals surface area contributed by atoms with Gasteiger partial charge >= 0.3 is 0 Å². The van der Waals surface area contributed by atoms with Crippen LogP contribution in [0.2, 0.25) is 0 Å². The van der Waals surface area contributed by atoms with Gasteiger partial charge in [0.2, 0.25) is 0 Å². The predicted octanol–water partition coefficient (Wildman–Crippen LogP) is 4.40. The summed E-state index contributed by atoms with van der Waals surface area (Å²) >= 11 is 0. The van der Waals surface area contributed by atoms with Crippen molar-refractivity contribution >= 4 is 12.0 Å². The maximum Gasteiger partial charge on any atom is 0.262 e. The first-order valence-corrected chi connectivity index (χ1v) is 7.98. The Bertz CT molecular complexity index is 814. The van der Waals surface area contributed by atoms with Crippen molar-refractivity contribution in [2.75, 3.05) is 0 Å². The quantitative estimate of drug-likeness (QED) is 0.671. The van der Waals surface area contributed by atoms with Crippen LogP contribution in [0.5, 0.6) is 0 Å². The molecule has 0 aliphatic carbocycles. The molecule has 1 amide bonds. The minimum absolute atomic E-state index is 0.115. The monoisotopic (exact) mass is 318 g/mol. The van der Waals surface area contributed by atoms with Gasteiger partial charge < -0.3 is 5.32 Å². The molecule has 3 nitrogen and oxygen atoms in total. The van der Waals surface area contributed by atoms with Gasteiger partial charge in [-0.05, 0) is 61.6 Å². The van der Waals surface area contributed by atoms with E-state index >= 15 is 0 Å². The summed E-state index contributed by atoms with van der Waals surface area (Å²) < 4.78 is 0. The standard InChI is InChI=1S/C21H22N2O/c1-14-10-16(3)19(11-15(14)2)12-20(13-22)21(24)23-17(4)18-8-6-5-7-9-18/h5-12,17H,1-4H3,(H,23,24)/b20-12+.